The van der Waals surface area contributed by atoms with Gasteiger partial charge < -0.3 is 19.8 Å². The van der Waals surface area contributed by atoms with Gasteiger partial charge in [-0.2, -0.15) is 0 Å². The highest BCUT2D eigenvalue weighted by Crippen LogP contribution is 2.34. The molecule has 6 heteroatoms. The Morgan fingerprint density at radius 1 is 1.00 bits per heavy atom. The highest BCUT2D eigenvalue weighted by molar-refractivity contribution is 6.08. The lowest BCUT2D eigenvalue weighted by molar-refractivity contribution is 0.102. The molecule has 0 bridgehead atoms. The van der Waals surface area contributed by atoms with Crippen molar-refractivity contribution in [3.63, 3.8) is 0 Å². The predicted octanol–water partition coefficient (Wildman–Crippen LogP) is 3.02. The SMILES string of the molecule is O=C(Nc1ccc2c(c1)OCO2)c1c(-c2ccccc2)cc[nH]c1=O. The largest absolute Gasteiger partial charge is 0.454 e. The summed E-state index contributed by atoms with van der Waals surface area (Å²) >= 11 is 0. The van der Waals surface area contributed by atoms with E-state index >= 15 is 0 Å². The number of fused-ring (bicyclic) bond motifs is 1. The van der Waals surface area contributed by atoms with Gasteiger partial charge in [-0.25, -0.2) is 0 Å². The highest BCUT2D eigenvalue weighted by Gasteiger charge is 2.19. The van der Waals surface area contributed by atoms with Gasteiger partial charge in [0, 0.05) is 23.5 Å². The predicted molar refractivity (Wildman–Crippen MR) is 93.0 cm³/mol. The van der Waals surface area contributed by atoms with Crippen molar-refractivity contribution in [2.45, 2.75) is 0 Å². The maximum Gasteiger partial charge on any atom is 0.261 e. The van der Waals surface area contributed by atoms with E-state index in [-0.39, 0.29) is 12.4 Å². The minimum atomic E-state index is -0.487. The molecule has 6 nitrogen and oxygen atoms in total. The first-order chi connectivity index (χ1) is 12.2. The summed E-state index contributed by atoms with van der Waals surface area (Å²) < 4.78 is 10.6. The quantitative estimate of drug-likeness (QED) is 0.771. The molecule has 2 aromatic carbocycles. The second kappa shape index (κ2) is 6.16. The summed E-state index contributed by atoms with van der Waals surface area (Å²) in [6.45, 7) is 0.156. The molecule has 4 rings (SSSR count). The summed E-state index contributed by atoms with van der Waals surface area (Å²) in [5, 5.41) is 2.74. The van der Waals surface area contributed by atoms with Gasteiger partial charge in [0.2, 0.25) is 6.79 Å². The smallest absolute Gasteiger partial charge is 0.261 e. The molecule has 3 aromatic rings. The van der Waals surface area contributed by atoms with E-state index in [1.807, 2.05) is 30.3 Å². The summed E-state index contributed by atoms with van der Waals surface area (Å²) in [6, 6.07) is 16.1. The van der Waals surface area contributed by atoms with Crippen molar-refractivity contribution in [1.82, 2.24) is 4.98 Å². The van der Waals surface area contributed by atoms with Gasteiger partial charge in [-0.15, -0.1) is 0 Å². The number of carbonyl (C=O) groups excluding carboxylic acids is 1. The molecule has 0 saturated heterocycles. The molecule has 0 unspecified atom stereocenters. The van der Waals surface area contributed by atoms with Crippen molar-refractivity contribution in [2.24, 2.45) is 0 Å². The molecular weight excluding hydrogens is 320 g/mol. The van der Waals surface area contributed by atoms with E-state index < -0.39 is 11.5 Å². The fourth-order valence-corrected chi connectivity index (χ4v) is 2.73. The number of hydrogen-bond acceptors (Lipinski definition) is 4. The van der Waals surface area contributed by atoms with Crippen LogP contribution < -0.4 is 20.3 Å². The molecule has 0 spiro atoms. The fraction of sp³-hybridized carbons (Fsp3) is 0.0526. The Bertz CT molecular complexity index is 996. The van der Waals surface area contributed by atoms with Crippen LogP contribution in [-0.4, -0.2) is 17.7 Å². The molecule has 0 saturated carbocycles. The van der Waals surface area contributed by atoms with Gasteiger partial charge in [0.1, 0.15) is 5.56 Å². The first-order valence-corrected chi connectivity index (χ1v) is 7.70. The Labute approximate surface area is 143 Å². The van der Waals surface area contributed by atoms with Crippen LogP contribution in [0.3, 0.4) is 0 Å². The van der Waals surface area contributed by atoms with Crippen LogP contribution >= 0.6 is 0 Å². The number of carbonyl (C=O) groups is 1. The number of anilines is 1. The Hall–Kier alpha value is -3.54. The molecule has 25 heavy (non-hydrogen) atoms. The number of nitrogens with one attached hydrogen (secondary N) is 2. The Morgan fingerprint density at radius 3 is 2.64 bits per heavy atom. The van der Waals surface area contributed by atoms with Crippen LogP contribution in [0, 0.1) is 0 Å². The number of ether oxygens (including phenoxy) is 2. The zero-order valence-electron chi connectivity index (χ0n) is 13.1. The third kappa shape index (κ3) is 2.85. The monoisotopic (exact) mass is 334 g/mol. The molecule has 1 aromatic heterocycles. The number of benzene rings is 2. The first-order valence-electron chi connectivity index (χ1n) is 7.70. The van der Waals surface area contributed by atoms with Crippen molar-refractivity contribution in [3.05, 3.63) is 76.7 Å². The number of rotatable bonds is 3. The van der Waals surface area contributed by atoms with E-state index in [4.69, 9.17) is 9.47 Å². The number of pyridine rings is 1. The lowest BCUT2D eigenvalue weighted by Gasteiger charge is -2.10. The van der Waals surface area contributed by atoms with Gasteiger partial charge in [-0.1, -0.05) is 30.3 Å². The van der Waals surface area contributed by atoms with Gasteiger partial charge in [-0.05, 0) is 23.8 Å². The normalized spacial score (nSPS) is 12.0. The molecule has 0 atom stereocenters. The topological polar surface area (TPSA) is 80.4 Å². The maximum atomic E-state index is 12.7. The Balaban J connectivity index is 1.70. The van der Waals surface area contributed by atoms with Crippen LogP contribution in [0.1, 0.15) is 10.4 Å². The maximum absolute atomic E-state index is 12.7. The Morgan fingerprint density at radius 2 is 1.80 bits per heavy atom. The average molecular weight is 334 g/mol. The number of amides is 1. The third-order valence-electron chi connectivity index (χ3n) is 3.90. The molecule has 0 fully saturated rings. The van der Waals surface area contributed by atoms with Crippen molar-refractivity contribution in [2.75, 3.05) is 12.1 Å². The van der Waals surface area contributed by atoms with Gasteiger partial charge >= 0.3 is 0 Å². The van der Waals surface area contributed by atoms with Gasteiger partial charge in [0.05, 0.1) is 0 Å². The summed E-state index contributed by atoms with van der Waals surface area (Å²) in [7, 11) is 0. The van der Waals surface area contributed by atoms with E-state index in [2.05, 4.69) is 10.3 Å². The number of aromatic nitrogens is 1. The van der Waals surface area contributed by atoms with E-state index in [0.29, 0.717) is 22.7 Å². The number of hydrogen-bond donors (Lipinski definition) is 2. The minimum Gasteiger partial charge on any atom is -0.454 e. The fourth-order valence-electron chi connectivity index (χ4n) is 2.73. The summed E-state index contributed by atoms with van der Waals surface area (Å²) in [5.74, 6) is 0.697. The first kappa shape index (κ1) is 15.0. The van der Waals surface area contributed by atoms with Crippen LogP contribution in [-0.2, 0) is 0 Å². The molecular formula is C19H14N2O4. The minimum absolute atomic E-state index is 0.0615. The standard InChI is InChI=1S/C19H14N2O4/c22-18-17(14(8-9-20-18)12-4-2-1-3-5-12)19(23)21-13-6-7-15-16(10-13)25-11-24-15/h1-10H,11H2,(H,20,22)(H,21,23). The molecule has 2 N–H and O–H groups in total. The second-order valence-electron chi connectivity index (χ2n) is 5.48. The van der Waals surface area contributed by atoms with Crippen LogP contribution in [0.2, 0.25) is 0 Å². The number of aromatic amines is 1. The highest BCUT2D eigenvalue weighted by atomic mass is 16.7. The van der Waals surface area contributed by atoms with Crippen molar-refractivity contribution < 1.29 is 14.3 Å². The average Bonchev–Trinajstić information content (AvgIpc) is 3.10. The van der Waals surface area contributed by atoms with E-state index in [1.165, 1.54) is 6.20 Å². The zero-order valence-corrected chi connectivity index (χ0v) is 13.1. The third-order valence-corrected chi connectivity index (χ3v) is 3.90. The molecule has 1 aliphatic rings. The van der Waals surface area contributed by atoms with Crippen LogP contribution in [0.5, 0.6) is 11.5 Å². The van der Waals surface area contributed by atoms with Crippen molar-refractivity contribution in [1.29, 1.82) is 0 Å². The zero-order chi connectivity index (χ0) is 17.2. The van der Waals surface area contributed by atoms with Crippen molar-refractivity contribution >= 4 is 11.6 Å². The van der Waals surface area contributed by atoms with Gasteiger partial charge in [-0.3, -0.25) is 9.59 Å². The lowest BCUT2D eigenvalue weighted by atomic mass is 10.0. The molecule has 0 radical (unpaired) electrons. The van der Waals surface area contributed by atoms with E-state index in [9.17, 15) is 9.59 Å². The summed E-state index contributed by atoms with van der Waals surface area (Å²) in [6.07, 6.45) is 1.53. The molecule has 2 heterocycles. The molecule has 0 aliphatic carbocycles. The molecule has 124 valence electrons. The van der Waals surface area contributed by atoms with Gasteiger partial charge in [0.25, 0.3) is 11.5 Å². The summed E-state index contributed by atoms with van der Waals surface area (Å²) in [5.41, 5.74) is 1.51. The van der Waals surface area contributed by atoms with Gasteiger partial charge in [0.15, 0.2) is 11.5 Å². The number of H-pyrrole nitrogens is 1. The summed E-state index contributed by atoms with van der Waals surface area (Å²) in [4.78, 5) is 27.6. The van der Waals surface area contributed by atoms with Crippen LogP contribution in [0.4, 0.5) is 5.69 Å². The van der Waals surface area contributed by atoms with Crippen LogP contribution in [0.25, 0.3) is 11.1 Å². The second-order valence-corrected chi connectivity index (χ2v) is 5.48. The van der Waals surface area contributed by atoms with E-state index in [1.54, 1.807) is 24.3 Å². The molecule has 1 amide bonds. The lowest BCUT2D eigenvalue weighted by Crippen LogP contribution is -2.24. The van der Waals surface area contributed by atoms with Crippen LogP contribution in [0.15, 0.2) is 65.6 Å². The van der Waals surface area contributed by atoms with Crippen molar-refractivity contribution in [3.8, 4) is 22.6 Å². The Kier molecular flexibility index (Phi) is 3.70. The van der Waals surface area contributed by atoms with E-state index in [0.717, 1.165) is 5.56 Å². The molecule has 1 aliphatic heterocycles.